The van der Waals surface area contributed by atoms with Crippen molar-refractivity contribution in [2.24, 2.45) is 0 Å². The highest BCUT2D eigenvalue weighted by atomic mass is 16.6. The molecule has 1 aliphatic heterocycles. The Kier molecular flexibility index (Phi) is 4.28. The van der Waals surface area contributed by atoms with Crippen molar-refractivity contribution in [1.29, 1.82) is 0 Å². The lowest BCUT2D eigenvalue weighted by atomic mass is 10.0. The fourth-order valence-corrected chi connectivity index (χ4v) is 2.37. The van der Waals surface area contributed by atoms with Gasteiger partial charge in [-0.15, -0.1) is 5.73 Å². The van der Waals surface area contributed by atoms with Gasteiger partial charge in [-0.3, -0.25) is 15.4 Å². The molecule has 1 aromatic carbocycles. The molecule has 1 saturated heterocycles. The van der Waals surface area contributed by atoms with Gasteiger partial charge < -0.3 is 0 Å². The van der Waals surface area contributed by atoms with Crippen molar-refractivity contribution in [3.05, 3.63) is 39.9 Å². The Morgan fingerprint density at radius 2 is 1.94 bits per heavy atom. The molecule has 2 rings (SSSR count). The highest BCUT2D eigenvalue weighted by molar-refractivity contribution is 5.33. The van der Waals surface area contributed by atoms with Crippen LogP contribution < -0.4 is 11.1 Å². The van der Waals surface area contributed by atoms with Gasteiger partial charge in [-0.25, -0.2) is 0 Å². The summed E-state index contributed by atoms with van der Waals surface area (Å²) in [6.07, 6.45) is 4.38. The van der Waals surface area contributed by atoms with Crippen molar-refractivity contribution in [3.63, 3.8) is 0 Å². The maximum atomic E-state index is 10.6. The number of nitrogens with one attached hydrogen (secondary N) is 1. The highest BCUT2D eigenvalue weighted by Crippen LogP contribution is 2.17. The molecule has 0 spiro atoms. The van der Waals surface area contributed by atoms with Gasteiger partial charge in [0.05, 0.1) is 11.1 Å². The highest BCUT2D eigenvalue weighted by Gasteiger charge is 2.18. The van der Waals surface area contributed by atoms with E-state index in [9.17, 15) is 15.8 Å². The van der Waals surface area contributed by atoms with Crippen LogP contribution in [0.1, 0.15) is 31.2 Å². The Balaban J connectivity index is 1.97. The summed E-state index contributed by atoms with van der Waals surface area (Å²) >= 11 is 0. The summed E-state index contributed by atoms with van der Waals surface area (Å²) in [5.41, 5.74) is 10.8. The molecule has 1 N–H and O–H groups in total. The van der Waals surface area contributed by atoms with Crippen LogP contribution in [0.4, 0.5) is 5.69 Å². The van der Waals surface area contributed by atoms with Gasteiger partial charge in [0.2, 0.25) is 0 Å². The Bertz CT molecular complexity index is 405. The molecular weight excluding hydrogens is 230 g/mol. The van der Waals surface area contributed by atoms with Gasteiger partial charge in [0.15, 0.2) is 0 Å². The van der Waals surface area contributed by atoms with E-state index in [2.05, 4.69) is 5.32 Å². The van der Waals surface area contributed by atoms with Crippen LogP contribution in [0.15, 0.2) is 24.3 Å². The number of non-ortho nitro benzene ring substituents is 1. The molecule has 96 valence electrons. The fraction of sp³-hybridized carbons (Fsp3) is 0.538. The summed E-state index contributed by atoms with van der Waals surface area (Å²) in [5.74, 6) is 0. The maximum absolute atomic E-state index is 10.6. The summed E-state index contributed by atoms with van der Waals surface area (Å²) in [6.45, 7) is 0. The lowest BCUT2D eigenvalue weighted by Crippen LogP contribution is -2.38. The molecule has 18 heavy (non-hydrogen) atoms. The van der Waals surface area contributed by atoms with E-state index in [1.165, 1.54) is 12.1 Å². The molecule has 2 atom stereocenters. The minimum Gasteiger partial charge on any atom is -0.296 e. The monoisotopic (exact) mass is 247 g/mol. The second kappa shape index (κ2) is 5.93. The molecule has 1 aromatic rings. The van der Waals surface area contributed by atoms with Crippen molar-refractivity contribution < 1.29 is 4.92 Å². The van der Waals surface area contributed by atoms with Crippen molar-refractivity contribution in [2.45, 2.75) is 44.3 Å². The molecule has 0 bridgehead atoms. The summed E-state index contributed by atoms with van der Waals surface area (Å²) in [5, 5.41) is 13.7. The number of benzene rings is 1. The average molecular weight is 247 g/mol. The molecule has 2 radical (unpaired) electrons. The van der Waals surface area contributed by atoms with E-state index in [-0.39, 0.29) is 11.7 Å². The van der Waals surface area contributed by atoms with E-state index in [1.54, 1.807) is 12.1 Å². The first-order chi connectivity index (χ1) is 8.65. The SMILES string of the molecule is [N]C1CCCCC(Cc2ccc([N+](=O)[O-])cc2)N1. The first-order valence-electron chi connectivity index (χ1n) is 6.32. The minimum atomic E-state index is -0.421. The Morgan fingerprint density at radius 3 is 2.61 bits per heavy atom. The zero-order valence-corrected chi connectivity index (χ0v) is 10.2. The van der Waals surface area contributed by atoms with Crippen molar-refractivity contribution in [3.8, 4) is 0 Å². The lowest BCUT2D eigenvalue weighted by Gasteiger charge is -2.18. The lowest BCUT2D eigenvalue weighted by molar-refractivity contribution is -0.384. The van der Waals surface area contributed by atoms with E-state index >= 15 is 0 Å². The Labute approximate surface area is 107 Å². The zero-order chi connectivity index (χ0) is 13.0. The molecule has 5 heteroatoms. The number of nitrogens with zero attached hydrogens (tertiary/aromatic N) is 2. The van der Waals surface area contributed by atoms with Gasteiger partial charge in [0.25, 0.3) is 5.69 Å². The first kappa shape index (κ1) is 13.0. The van der Waals surface area contributed by atoms with Gasteiger partial charge in [0.1, 0.15) is 0 Å². The van der Waals surface area contributed by atoms with Crippen LogP contribution in [-0.2, 0) is 6.42 Å². The second-order valence-electron chi connectivity index (χ2n) is 4.79. The van der Waals surface area contributed by atoms with Crippen LogP contribution in [-0.4, -0.2) is 17.1 Å². The average Bonchev–Trinajstić information content (AvgIpc) is 2.54. The molecule has 0 amide bonds. The summed E-state index contributed by atoms with van der Waals surface area (Å²) < 4.78 is 0. The maximum Gasteiger partial charge on any atom is 0.269 e. The summed E-state index contributed by atoms with van der Waals surface area (Å²) in [4.78, 5) is 10.2. The van der Waals surface area contributed by atoms with Gasteiger partial charge >= 0.3 is 0 Å². The zero-order valence-electron chi connectivity index (χ0n) is 10.2. The van der Waals surface area contributed by atoms with Crippen LogP contribution in [0.3, 0.4) is 0 Å². The largest absolute Gasteiger partial charge is 0.296 e. The first-order valence-corrected chi connectivity index (χ1v) is 6.32. The predicted octanol–water partition coefficient (Wildman–Crippen LogP) is 2.06. The van der Waals surface area contributed by atoms with E-state index in [0.717, 1.165) is 37.7 Å². The third kappa shape index (κ3) is 3.51. The number of nitro benzene ring substituents is 1. The topological polar surface area (TPSA) is 77.5 Å². The number of rotatable bonds is 3. The Hall–Kier alpha value is -1.46. The van der Waals surface area contributed by atoms with E-state index < -0.39 is 11.1 Å². The van der Waals surface area contributed by atoms with Crippen molar-refractivity contribution >= 4 is 5.69 Å². The molecular formula is C13H17N3O2. The Morgan fingerprint density at radius 1 is 1.28 bits per heavy atom. The molecule has 2 unspecified atom stereocenters. The normalized spacial score (nSPS) is 24.5. The minimum absolute atomic E-state index is 0.118. The van der Waals surface area contributed by atoms with Gasteiger partial charge in [-0.2, -0.15) is 0 Å². The van der Waals surface area contributed by atoms with Crippen molar-refractivity contribution in [1.82, 2.24) is 11.1 Å². The predicted molar refractivity (Wildman–Crippen MR) is 68.1 cm³/mol. The van der Waals surface area contributed by atoms with E-state index in [1.807, 2.05) is 0 Å². The molecule has 1 heterocycles. The number of hydrogen-bond donors (Lipinski definition) is 1. The van der Waals surface area contributed by atoms with Crippen LogP contribution in [0, 0.1) is 10.1 Å². The fourth-order valence-electron chi connectivity index (χ4n) is 2.37. The third-order valence-corrected chi connectivity index (χ3v) is 3.34. The molecule has 0 aromatic heterocycles. The molecule has 1 aliphatic rings. The van der Waals surface area contributed by atoms with Gasteiger partial charge in [-0.1, -0.05) is 25.0 Å². The van der Waals surface area contributed by atoms with Crippen LogP contribution in [0.2, 0.25) is 0 Å². The molecule has 0 aliphatic carbocycles. The molecule has 1 fully saturated rings. The standard InChI is InChI=1S/C13H17N3O2/c14-13-4-2-1-3-11(15-13)9-10-5-7-12(8-6-10)16(17)18/h5-8,11,13,15H,1-4,9H2. The quantitative estimate of drug-likeness (QED) is 0.656. The van der Waals surface area contributed by atoms with Crippen molar-refractivity contribution in [2.75, 3.05) is 0 Å². The van der Waals surface area contributed by atoms with E-state index in [4.69, 9.17) is 0 Å². The molecule has 0 saturated carbocycles. The van der Waals surface area contributed by atoms with Crippen LogP contribution in [0.25, 0.3) is 0 Å². The smallest absolute Gasteiger partial charge is 0.269 e. The number of nitro groups is 1. The van der Waals surface area contributed by atoms with Crippen LogP contribution >= 0.6 is 0 Å². The van der Waals surface area contributed by atoms with E-state index in [0.29, 0.717) is 0 Å². The second-order valence-corrected chi connectivity index (χ2v) is 4.79. The van der Waals surface area contributed by atoms with Gasteiger partial charge in [-0.05, 0) is 24.8 Å². The van der Waals surface area contributed by atoms with Gasteiger partial charge in [0, 0.05) is 18.2 Å². The number of hydrogen-bond acceptors (Lipinski definition) is 3. The summed E-state index contributed by atoms with van der Waals surface area (Å²) in [7, 11) is 0. The molecule has 5 nitrogen and oxygen atoms in total. The third-order valence-electron chi connectivity index (χ3n) is 3.34. The van der Waals surface area contributed by atoms with Crippen LogP contribution in [0.5, 0.6) is 0 Å². The summed E-state index contributed by atoms with van der Waals surface area (Å²) in [6, 6.07) is 6.89.